The molecule has 0 saturated carbocycles. The summed E-state index contributed by atoms with van der Waals surface area (Å²) in [5.41, 5.74) is 0.00917. The van der Waals surface area contributed by atoms with E-state index in [0.717, 1.165) is 17.7 Å². The van der Waals surface area contributed by atoms with Gasteiger partial charge in [0.1, 0.15) is 17.1 Å². The van der Waals surface area contributed by atoms with Crippen LogP contribution in [0.2, 0.25) is 0 Å². The summed E-state index contributed by atoms with van der Waals surface area (Å²) >= 11 is 5.34. The van der Waals surface area contributed by atoms with Crippen molar-refractivity contribution in [3.05, 3.63) is 53.6 Å². The van der Waals surface area contributed by atoms with Gasteiger partial charge in [-0.05, 0) is 56.4 Å². The molecular weight excluding hydrogens is 389 g/mol. The highest BCUT2D eigenvalue weighted by atomic mass is 32.1. The van der Waals surface area contributed by atoms with Crippen LogP contribution in [0.3, 0.4) is 0 Å². The lowest BCUT2D eigenvalue weighted by atomic mass is 9.89. The number of alkyl halides is 3. The van der Waals surface area contributed by atoms with Gasteiger partial charge in [0.15, 0.2) is 5.11 Å². The zero-order valence-corrected chi connectivity index (χ0v) is 16.5. The monoisotopic (exact) mass is 410 g/mol. The Morgan fingerprint density at radius 1 is 1.21 bits per heavy atom. The third kappa shape index (κ3) is 4.67. The summed E-state index contributed by atoms with van der Waals surface area (Å²) in [5, 5.41) is 6.27. The van der Waals surface area contributed by atoms with Crippen molar-refractivity contribution in [3.63, 3.8) is 0 Å². The maximum absolute atomic E-state index is 12.9. The number of nitrogens with one attached hydrogen (secondary N) is 2. The largest absolute Gasteiger partial charge is 0.497 e. The van der Waals surface area contributed by atoms with E-state index in [1.54, 1.807) is 7.11 Å². The number of benzene rings is 2. The van der Waals surface area contributed by atoms with Crippen LogP contribution in [-0.4, -0.2) is 17.8 Å². The van der Waals surface area contributed by atoms with Gasteiger partial charge in [-0.2, -0.15) is 13.2 Å². The van der Waals surface area contributed by atoms with Crippen LogP contribution in [0, 0.1) is 0 Å². The van der Waals surface area contributed by atoms with Gasteiger partial charge in [0.2, 0.25) is 0 Å². The van der Waals surface area contributed by atoms with E-state index < -0.39 is 17.3 Å². The van der Waals surface area contributed by atoms with E-state index in [-0.39, 0.29) is 16.8 Å². The second kappa shape index (κ2) is 7.50. The first-order valence-corrected chi connectivity index (χ1v) is 9.10. The molecule has 0 radical (unpaired) electrons. The predicted molar refractivity (Wildman–Crippen MR) is 106 cm³/mol. The zero-order chi connectivity index (χ0) is 20.5. The van der Waals surface area contributed by atoms with Crippen molar-refractivity contribution in [1.82, 2.24) is 5.32 Å². The lowest BCUT2D eigenvalue weighted by Crippen LogP contribution is -2.42. The molecule has 1 aliphatic heterocycles. The van der Waals surface area contributed by atoms with Crippen molar-refractivity contribution < 1.29 is 22.6 Å². The number of halogens is 3. The van der Waals surface area contributed by atoms with Crippen LogP contribution < -0.4 is 20.1 Å². The minimum atomic E-state index is -4.41. The molecule has 2 aromatic carbocycles. The quantitative estimate of drug-likeness (QED) is 0.672. The normalized spacial score (nSPS) is 17.9. The molecule has 1 aliphatic rings. The van der Waals surface area contributed by atoms with Crippen molar-refractivity contribution >= 4 is 23.0 Å². The molecule has 2 N–H and O–H groups in total. The lowest BCUT2D eigenvalue weighted by molar-refractivity contribution is -0.137. The second-order valence-corrected chi connectivity index (χ2v) is 7.61. The summed E-state index contributed by atoms with van der Waals surface area (Å²) in [4.78, 5) is 0. The summed E-state index contributed by atoms with van der Waals surface area (Å²) in [6, 6.07) is 10.3. The van der Waals surface area contributed by atoms with Gasteiger partial charge in [0.25, 0.3) is 0 Å². The Kier molecular flexibility index (Phi) is 5.43. The SMILES string of the molecule is COc1ccc2c(c1)OC(C)(C)C[C@@H]2NC(=S)Nc1cccc(C(F)(F)F)c1. The van der Waals surface area contributed by atoms with Gasteiger partial charge < -0.3 is 20.1 Å². The van der Waals surface area contributed by atoms with Gasteiger partial charge in [-0.25, -0.2) is 0 Å². The van der Waals surface area contributed by atoms with E-state index in [0.29, 0.717) is 17.9 Å². The van der Waals surface area contributed by atoms with Crippen LogP contribution in [0.1, 0.15) is 37.4 Å². The fraction of sp³-hybridized carbons (Fsp3) is 0.350. The van der Waals surface area contributed by atoms with E-state index in [9.17, 15) is 13.2 Å². The Hall–Kier alpha value is -2.48. The molecule has 4 nitrogen and oxygen atoms in total. The van der Waals surface area contributed by atoms with Crippen molar-refractivity contribution in [3.8, 4) is 11.5 Å². The average Bonchev–Trinajstić information content (AvgIpc) is 2.59. The number of anilines is 1. The molecule has 0 aliphatic carbocycles. The summed E-state index contributed by atoms with van der Waals surface area (Å²) < 4.78 is 50.0. The van der Waals surface area contributed by atoms with Crippen LogP contribution in [-0.2, 0) is 6.18 Å². The first-order valence-electron chi connectivity index (χ1n) is 8.69. The van der Waals surface area contributed by atoms with Crippen LogP contribution in [0.4, 0.5) is 18.9 Å². The number of thiocarbonyl (C=S) groups is 1. The van der Waals surface area contributed by atoms with Gasteiger partial charge in [-0.15, -0.1) is 0 Å². The molecule has 0 bridgehead atoms. The average molecular weight is 410 g/mol. The highest BCUT2D eigenvalue weighted by Gasteiger charge is 2.34. The topological polar surface area (TPSA) is 42.5 Å². The molecule has 0 spiro atoms. The minimum Gasteiger partial charge on any atom is -0.497 e. The maximum atomic E-state index is 12.9. The third-order valence-electron chi connectivity index (χ3n) is 4.43. The molecule has 28 heavy (non-hydrogen) atoms. The van der Waals surface area contributed by atoms with Gasteiger partial charge >= 0.3 is 6.18 Å². The molecular formula is C20H21F3N2O2S. The van der Waals surface area contributed by atoms with Crippen molar-refractivity contribution in [2.24, 2.45) is 0 Å². The molecule has 1 atom stereocenters. The highest BCUT2D eigenvalue weighted by Crippen LogP contribution is 2.41. The Bertz CT molecular complexity index is 884. The van der Waals surface area contributed by atoms with Crippen LogP contribution in [0.25, 0.3) is 0 Å². The summed E-state index contributed by atoms with van der Waals surface area (Å²) in [5.74, 6) is 1.37. The van der Waals surface area contributed by atoms with Crippen LogP contribution in [0.5, 0.6) is 11.5 Å². The van der Waals surface area contributed by atoms with Gasteiger partial charge in [-0.1, -0.05) is 6.07 Å². The van der Waals surface area contributed by atoms with E-state index in [4.69, 9.17) is 21.7 Å². The standard InChI is InChI=1S/C20H21F3N2O2S/c1-19(2)11-16(15-8-7-14(26-3)10-17(15)27-19)25-18(28)24-13-6-4-5-12(9-13)20(21,22)23/h4-10,16H,11H2,1-3H3,(H2,24,25,28)/t16-/m0/s1. The Morgan fingerprint density at radius 2 is 1.96 bits per heavy atom. The summed E-state index contributed by atoms with van der Waals surface area (Å²) in [6.45, 7) is 3.93. The molecule has 8 heteroatoms. The third-order valence-corrected chi connectivity index (χ3v) is 4.65. The zero-order valence-electron chi connectivity index (χ0n) is 15.7. The maximum Gasteiger partial charge on any atom is 0.416 e. The summed E-state index contributed by atoms with van der Waals surface area (Å²) in [7, 11) is 1.58. The van der Waals surface area contributed by atoms with E-state index in [1.165, 1.54) is 12.1 Å². The smallest absolute Gasteiger partial charge is 0.416 e. The van der Waals surface area contributed by atoms with Crippen molar-refractivity contribution in [1.29, 1.82) is 0 Å². The molecule has 2 aromatic rings. The van der Waals surface area contributed by atoms with Gasteiger partial charge in [0, 0.05) is 23.7 Å². The Balaban J connectivity index is 1.77. The number of hydrogen-bond acceptors (Lipinski definition) is 3. The molecule has 1 heterocycles. The Morgan fingerprint density at radius 3 is 2.64 bits per heavy atom. The van der Waals surface area contributed by atoms with Gasteiger partial charge in [-0.3, -0.25) is 0 Å². The number of fused-ring (bicyclic) bond motifs is 1. The molecule has 0 aromatic heterocycles. The fourth-order valence-corrected chi connectivity index (χ4v) is 3.45. The molecule has 0 fully saturated rings. The number of rotatable bonds is 3. The fourth-order valence-electron chi connectivity index (χ4n) is 3.19. The first-order chi connectivity index (χ1) is 13.1. The van der Waals surface area contributed by atoms with Crippen LogP contribution in [0.15, 0.2) is 42.5 Å². The van der Waals surface area contributed by atoms with Gasteiger partial charge in [0.05, 0.1) is 18.7 Å². The molecule has 150 valence electrons. The predicted octanol–water partition coefficient (Wildman–Crippen LogP) is 5.30. The number of ether oxygens (including phenoxy) is 2. The molecule has 3 rings (SSSR count). The summed E-state index contributed by atoms with van der Waals surface area (Å²) in [6.07, 6.45) is -3.77. The van der Waals surface area contributed by atoms with E-state index >= 15 is 0 Å². The number of hydrogen-bond donors (Lipinski definition) is 2. The number of methoxy groups -OCH3 is 1. The molecule has 0 saturated heterocycles. The second-order valence-electron chi connectivity index (χ2n) is 7.20. The Labute approximate surface area is 167 Å². The molecule has 0 unspecified atom stereocenters. The van der Waals surface area contributed by atoms with Crippen molar-refractivity contribution in [2.45, 2.75) is 38.1 Å². The first kappa shape index (κ1) is 20.3. The minimum absolute atomic E-state index is 0.157. The van der Waals surface area contributed by atoms with Crippen molar-refractivity contribution in [2.75, 3.05) is 12.4 Å². The van der Waals surface area contributed by atoms with E-state index in [1.807, 2.05) is 32.0 Å². The van der Waals surface area contributed by atoms with E-state index in [2.05, 4.69) is 10.6 Å². The lowest BCUT2D eigenvalue weighted by Gasteiger charge is -2.38. The highest BCUT2D eigenvalue weighted by molar-refractivity contribution is 7.80. The van der Waals surface area contributed by atoms with Crippen LogP contribution >= 0.6 is 12.2 Å². The molecule has 0 amide bonds.